The number of hydrogen-bond donors (Lipinski definition) is 0. The van der Waals surface area contributed by atoms with E-state index >= 15 is 0 Å². The summed E-state index contributed by atoms with van der Waals surface area (Å²) >= 11 is 3.36. The first-order chi connectivity index (χ1) is 11.4. The van der Waals surface area contributed by atoms with Gasteiger partial charge in [-0.2, -0.15) is 0 Å². The molecule has 1 aromatic rings. The highest BCUT2D eigenvalue weighted by molar-refractivity contribution is 9.10. The molecule has 1 aliphatic rings. The van der Waals surface area contributed by atoms with Crippen LogP contribution in [-0.4, -0.2) is 31.8 Å². The normalized spacial score (nSPS) is 17.5. The average molecular weight is 395 g/mol. The summed E-state index contributed by atoms with van der Waals surface area (Å²) < 4.78 is 15.9. The van der Waals surface area contributed by atoms with Gasteiger partial charge in [-0.3, -0.25) is 14.4 Å². The maximum Gasteiger partial charge on any atom is 0.329 e. The van der Waals surface area contributed by atoms with Crippen LogP contribution in [0.1, 0.15) is 12.5 Å². The van der Waals surface area contributed by atoms with Crippen LogP contribution in [0, 0.1) is 5.92 Å². The van der Waals surface area contributed by atoms with Gasteiger partial charge in [-0.05, 0) is 30.7 Å². The van der Waals surface area contributed by atoms with Gasteiger partial charge in [0.05, 0.1) is 14.2 Å². The van der Waals surface area contributed by atoms with Gasteiger partial charge in [-0.1, -0.05) is 22.0 Å². The van der Waals surface area contributed by atoms with Crippen molar-refractivity contribution in [1.29, 1.82) is 0 Å². The summed E-state index contributed by atoms with van der Waals surface area (Å²) in [6.45, 7) is 1.48. The zero-order valence-electron chi connectivity index (χ0n) is 13.3. The van der Waals surface area contributed by atoms with Gasteiger partial charge in [0.1, 0.15) is 5.76 Å². The van der Waals surface area contributed by atoms with E-state index in [0.29, 0.717) is 21.5 Å². The van der Waals surface area contributed by atoms with E-state index in [9.17, 15) is 14.4 Å². The summed E-state index contributed by atoms with van der Waals surface area (Å²) in [5.74, 6) is -2.34. The summed E-state index contributed by atoms with van der Waals surface area (Å²) in [5, 5.41) is 0. The minimum absolute atomic E-state index is 0.181. The molecule has 0 radical (unpaired) electrons. The maximum atomic E-state index is 12.2. The Hall–Kier alpha value is -2.41. The molecule has 1 aliphatic heterocycles. The molecule has 126 valence electrons. The number of benzene rings is 1. The smallest absolute Gasteiger partial charge is 0.329 e. The number of carbonyl (C=O) groups excluding carboxylic acids is 3. The molecule has 0 aromatic heterocycles. The first kappa shape index (κ1) is 17.9. The molecular weight excluding hydrogens is 380 g/mol. The Bertz CT molecular complexity index is 763. The molecule has 0 saturated carbocycles. The molecule has 0 fully saturated rings. The second kappa shape index (κ2) is 7.44. The van der Waals surface area contributed by atoms with Crippen LogP contribution in [0.5, 0.6) is 11.5 Å². The first-order valence-corrected chi connectivity index (χ1v) is 7.74. The van der Waals surface area contributed by atoms with Crippen molar-refractivity contribution in [3.63, 3.8) is 0 Å². The monoisotopic (exact) mass is 394 g/mol. The molecule has 24 heavy (non-hydrogen) atoms. The second-order valence-corrected chi connectivity index (χ2v) is 5.83. The van der Waals surface area contributed by atoms with Crippen molar-refractivity contribution in [2.24, 2.45) is 5.92 Å². The third-order valence-corrected chi connectivity index (χ3v) is 4.03. The number of hydrogen-bond acceptors (Lipinski definition) is 6. The van der Waals surface area contributed by atoms with Crippen LogP contribution in [0.25, 0.3) is 6.08 Å². The molecule has 1 heterocycles. The molecule has 1 unspecified atom stereocenters. The number of ether oxygens (including phenoxy) is 3. The molecule has 6 nitrogen and oxygen atoms in total. The second-order valence-electron chi connectivity index (χ2n) is 4.98. The van der Waals surface area contributed by atoms with E-state index in [1.165, 1.54) is 33.3 Å². The van der Waals surface area contributed by atoms with Gasteiger partial charge < -0.3 is 14.2 Å². The van der Waals surface area contributed by atoms with Crippen LogP contribution < -0.4 is 9.47 Å². The van der Waals surface area contributed by atoms with Crippen molar-refractivity contribution in [1.82, 2.24) is 0 Å². The Morgan fingerprint density at radius 2 is 1.83 bits per heavy atom. The molecule has 0 aliphatic carbocycles. The van der Waals surface area contributed by atoms with E-state index < -0.39 is 23.5 Å². The van der Waals surface area contributed by atoms with E-state index in [4.69, 9.17) is 14.2 Å². The summed E-state index contributed by atoms with van der Waals surface area (Å²) in [6.07, 6.45) is 3.80. The number of cyclic esters (lactones) is 1. The lowest BCUT2D eigenvalue weighted by Crippen LogP contribution is -2.34. The van der Waals surface area contributed by atoms with Crippen molar-refractivity contribution >= 4 is 39.5 Å². The number of ketones is 2. The van der Waals surface area contributed by atoms with Gasteiger partial charge in [0, 0.05) is 10.5 Å². The Kier molecular flexibility index (Phi) is 5.56. The van der Waals surface area contributed by atoms with E-state index in [1.54, 1.807) is 12.1 Å². The summed E-state index contributed by atoms with van der Waals surface area (Å²) in [6, 6.07) is 3.35. The zero-order valence-corrected chi connectivity index (χ0v) is 14.9. The van der Waals surface area contributed by atoms with Crippen LogP contribution in [0.2, 0.25) is 0 Å². The van der Waals surface area contributed by atoms with Crippen molar-refractivity contribution in [2.45, 2.75) is 6.92 Å². The predicted octanol–water partition coefficient (Wildman–Crippen LogP) is 2.69. The van der Waals surface area contributed by atoms with E-state index in [0.717, 1.165) is 6.08 Å². The van der Waals surface area contributed by atoms with E-state index in [2.05, 4.69) is 15.9 Å². The van der Waals surface area contributed by atoms with Gasteiger partial charge in [-0.15, -0.1) is 0 Å². The molecular formula is C17H15BrO6. The van der Waals surface area contributed by atoms with Gasteiger partial charge in [0.25, 0.3) is 0 Å². The molecule has 0 N–H and O–H groups in total. The lowest BCUT2D eigenvalue weighted by atomic mass is 9.96. The summed E-state index contributed by atoms with van der Waals surface area (Å²) in [5.41, 5.74) is 0.629. The van der Waals surface area contributed by atoms with Crippen LogP contribution >= 0.6 is 15.9 Å². The SMILES string of the molecule is COc1cc(Br)c(/C=C/C(=O)C2C(=O)C=C(C)OC2=O)cc1OC. The predicted molar refractivity (Wildman–Crippen MR) is 89.6 cm³/mol. The number of esters is 1. The average Bonchev–Trinajstić information content (AvgIpc) is 2.52. The van der Waals surface area contributed by atoms with Crippen LogP contribution in [-0.2, 0) is 19.1 Å². The third-order valence-electron chi connectivity index (χ3n) is 3.34. The summed E-state index contributed by atoms with van der Waals surface area (Å²) in [7, 11) is 3.01. The van der Waals surface area contributed by atoms with E-state index in [-0.39, 0.29) is 5.76 Å². The van der Waals surface area contributed by atoms with Crippen LogP contribution in [0.4, 0.5) is 0 Å². The van der Waals surface area contributed by atoms with Gasteiger partial charge in [0.2, 0.25) is 0 Å². The zero-order chi connectivity index (χ0) is 17.9. The summed E-state index contributed by atoms with van der Waals surface area (Å²) in [4.78, 5) is 35.8. The molecule has 1 atom stereocenters. The fourth-order valence-electron chi connectivity index (χ4n) is 2.17. The molecule has 1 aromatic carbocycles. The Balaban J connectivity index is 2.26. The van der Waals surface area contributed by atoms with Crippen molar-refractivity contribution < 1.29 is 28.6 Å². The maximum absolute atomic E-state index is 12.2. The number of allylic oxidation sites excluding steroid dienone is 3. The third kappa shape index (κ3) is 3.73. The Labute approximate surface area is 147 Å². The fourth-order valence-corrected chi connectivity index (χ4v) is 2.62. The molecule has 7 heteroatoms. The Morgan fingerprint density at radius 1 is 1.21 bits per heavy atom. The number of methoxy groups -OCH3 is 2. The number of halogens is 1. The molecule has 0 bridgehead atoms. The van der Waals surface area contributed by atoms with Crippen LogP contribution in [0.15, 0.2) is 34.5 Å². The largest absolute Gasteiger partial charge is 0.493 e. The molecule has 0 saturated heterocycles. The van der Waals surface area contributed by atoms with Crippen molar-refractivity contribution in [3.05, 3.63) is 40.1 Å². The Morgan fingerprint density at radius 3 is 2.42 bits per heavy atom. The molecule has 2 rings (SSSR count). The lowest BCUT2D eigenvalue weighted by Gasteiger charge is -2.15. The van der Waals surface area contributed by atoms with Gasteiger partial charge >= 0.3 is 5.97 Å². The van der Waals surface area contributed by atoms with Crippen molar-refractivity contribution in [2.75, 3.05) is 14.2 Å². The topological polar surface area (TPSA) is 78.9 Å². The molecule has 0 amide bonds. The number of carbonyl (C=O) groups is 3. The van der Waals surface area contributed by atoms with E-state index in [1.807, 2.05) is 0 Å². The minimum Gasteiger partial charge on any atom is -0.493 e. The standard InChI is InChI=1S/C17H15BrO6/c1-9-6-13(20)16(17(21)24-9)12(19)5-4-10-7-14(22-2)15(23-3)8-11(10)18/h4-8,16H,1-3H3/b5-4+. The minimum atomic E-state index is -1.45. The first-order valence-electron chi connectivity index (χ1n) is 6.94. The lowest BCUT2D eigenvalue weighted by molar-refractivity contribution is -0.151. The van der Waals surface area contributed by atoms with Gasteiger partial charge in [0.15, 0.2) is 29.0 Å². The quantitative estimate of drug-likeness (QED) is 0.434. The number of rotatable bonds is 5. The van der Waals surface area contributed by atoms with Gasteiger partial charge in [-0.25, -0.2) is 0 Å². The highest BCUT2D eigenvalue weighted by Crippen LogP contribution is 2.34. The highest BCUT2D eigenvalue weighted by atomic mass is 79.9. The van der Waals surface area contributed by atoms with Crippen molar-refractivity contribution in [3.8, 4) is 11.5 Å². The highest BCUT2D eigenvalue weighted by Gasteiger charge is 2.36. The molecule has 0 spiro atoms. The fraction of sp³-hybridized carbons (Fsp3) is 0.235. The van der Waals surface area contributed by atoms with Crippen LogP contribution in [0.3, 0.4) is 0 Å².